The van der Waals surface area contributed by atoms with Gasteiger partial charge >= 0.3 is 0 Å². The van der Waals surface area contributed by atoms with E-state index < -0.39 is 0 Å². The van der Waals surface area contributed by atoms with Crippen LogP contribution in [0.3, 0.4) is 0 Å². The molecule has 0 atom stereocenters. The van der Waals surface area contributed by atoms with Gasteiger partial charge in [-0.15, -0.1) is 0 Å². The molecule has 0 bridgehead atoms. The zero-order chi connectivity index (χ0) is 24.7. The molecular weight excluding hydrogens is 432 g/mol. The monoisotopic (exact) mass is 462 g/mol. The van der Waals surface area contributed by atoms with Crippen molar-refractivity contribution in [2.75, 3.05) is 0 Å². The van der Waals surface area contributed by atoms with E-state index >= 15 is 0 Å². The summed E-state index contributed by atoms with van der Waals surface area (Å²) in [5.74, 6) is 0. The lowest BCUT2D eigenvalue weighted by atomic mass is 9.93. The van der Waals surface area contributed by atoms with E-state index in [0.717, 1.165) is 0 Å². The summed E-state index contributed by atoms with van der Waals surface area (Å²) < 4.78 is 0. The van der Waals surface area contributed by atoms with Crippen molar-refractivity contribution in [1.82, 2.24) is 0 Å². The Morgan fingerprint density at radius 1 is 0.389 bits per heavy atom. The molecule has 0 aliphatic carbocycles. The van der Waals surface area contributed by atoms with Gasteiger partial charge in [-0.3, -0.25) is 0 Å². The van der Waals surface area contributed by atoms with Gasteiger partial charge in [-0.1, -0.05) is 145 Å². The molecule has 0 saturated heterocycles. The quantitative estimate of drug-likeness (QED) is 0.220. The molecule has 174 valence electrons. The highest BCUT2D eigenvalue weighted by Crippen LogP contribution is 2.29. The van der Waals surface area contributed by atoms with E-state index in [1.54, 1.807) is 0 Å². The summed E-state index contributed by atoms with van der Waals surface area (Å²) in [6.07, 6.45) is 4.58. The minimum Gasteiger partial charge on any atom is -0.0622 e. The molecule has 0 N–H and O–H groups in total. The normalized spacial score (nSPS) is 11.9. The van der Waals surface area contributed by atoms with Gasteiger partial charge in [0.15, 0.2) is 0 Å². The third-order valence-electron chi connectivity index (χ3n) is 6.39. The summed E-state index contributed by atoms with van der Waals surface area (Å²) >= 11 is 0. The Kier molecular flexibility index (Phi) is 7.05. The van der Waals surface area contributed by atoms with E-state index in [9.17, 15) is 0 Å². The molecule has 0 unspecified atom stereocenters. The highest BCUT2D eigenvalue weighted by atomic mass is 14.1. The van der Waals surface area contributed by atoms with Gasteiger partial charge in [-0.25, -0.2) is 0 Å². The van der Waals surface area contributed by atoms with E-state index in [2.05, 4.69) is 159 Å². The van der Waals surface area contributed by atoms with Crippen LogP contribution < -0.4 is 0 Å². The SMILES string of the molecule is Cc1cccc(C(=Cc2ccc(C=C(c3ccccc3)c3cccc(C)c3)cc2)c2ccccc2)c1. The van der Waals surface area contributed by atoms with Crippen LogP contribution in [-0.2, 0) is 0 Å². The second-order valence-electron chi connectivity index (χ2n) is 9.25. The Hall–Kier alpha value is -4.42. The number of rotatable bonds is 6. The summed E-state index contributed by atoms with van der Waals surface area (Å²) in [7, 11) is 0. The van der Waals surface area contributed by atoms with Gasteiger partial charge in [-0.05, 0) is 70.5 Å². The summed E-state index contributed by atoms with van der Waals surface area (Å²) in [4.78, 5) is 0. The summed E-state index contributed by atoms with van der Waals surface area (Å²) in [5.41, 5.74) is 12.3. The second-order valence-corrected chi connectivity index (χ2v) is 9.25. The molecule has 5 aromatic carbocycles. The second kappa shape index (κ2) is 10.9. The molecule has 0 nitrogen and oxygen atoms in total. The predicted octanol–water partition coefficient (Wildman–Crippen LogP) is 9.48. The van der Waals surface area contributed by atoms with Gasteiger partial charge in [0.1, 0.15) is 0 Å². The first-order valence-corrected chi connectivity index (χ1v) is 12.4. The highest BCUT2D eigenvalue weighted by Gasteiger charge is 2.08. The average Bonchev–Trinajstić information content (AvgIpc) is 2.92. The Bertz CT molecular complexity index is 1380. The predicted molar refractivity (Wildman–Crippen MR) is 156 cm³/mol. The van der Waals surface area contributed by atoms with Crippen molar-refractivity contribution in [2.45, 2.75) is 13.8 Å². The molecular formula is C36H30. The Morgan fingerprint density at radius 3 is 1.11 bits per heavy atom. The maximum atomic E-state index is 2.29. The first-order valence-electron chi connectivity index (χ1n) is 12.4. The molecule has 36 heavy (non-hydrogen) atoms. The fourth-order valence-corrected chi connectivity index (χ4v) is 4.55. The van der Waals surface area contributed by atoms with Crippen LogP contribution in [0.25, 0.3) is 23.3 Å². The van der Waals surface area contributed by atoms with Gasteiger partial charge in [0.2, 0.25) is 0 Å². The zero-order valence-corrected chi connectivity index (χ0v) is 20.9. The van der Waals surface area contributed by atoms with Crippen LogP contribution in [0.2, 0.25) is 0 Å². The van der Waals surface area contributed by atoms with Crippen LogP contribution in [0.5, 0.6) is 0 Å². The number of hydrogen-bond acceptors (Lipinski definition) is 0. The molecule has 0 aliphatic heterocycles. The number of benzene rings is 5. The van der Waals surface area contributed by atoms with E-state index in [4.69, 9.17) is 0 Å². The molecule has 0 fully saturated rings. The summed E-state index contributed by atoms with van der Waals surface area (Å²) in [6.45, 7) is 4.29. The lowest BCUT2D eigenvalue weighted by Gasteiger charge is -2.11. The Morgan fingerprint density at radius 2 is 0.750 bits per heavy atom. The lowest BCUT2D eigenvalue weighted by molar-refractivity contribution is 1.44. The molecule has 0 spiro atoms. The minimum absolute atomic E-state index is 1.18. The van der Waals surface area contributed by atoms with E-state index in [1.165, 1.54) is 55.7 Å². The standard InChI is InChI=1S/C36H30/c1-27-11-9-17-33(23-27)35(31-13-5-3-6-14-31)25-29-19-21-30(22-20-29)26-36(32-15-7-4-8-16-32)34-18-10-12-28(2)24-34/h3-26H,1-2H3. The van der Waals surface area contributed by atoms with Crippen LogP contribution in [0.1, 0.15) is 44.5 Å². The molecule has 5 rings (SSSR count). The first kappa shape index (κ1) is 23.3. The van der Waals surface area contributed by atoms with Crippen molar-refractivity contribution < 1.29 is 0 Å². The minimum atomic E-state index is 1.18. The maximum Gasteiger partial charge on any atom is -0.0105 e. The van der Waals surface area contributed by atoms with Crippen LogP contribution in [0.15, 0.2) is 133 Å². The third-order valence-corrected chi connectivity index (χ3v) is 6.39. The Balaban J connectivity index is 1.54. The van der Waals surface area contributed by atoms with Gasteiger partial charge < -0.3 is 0 Å². The molecule has 0 aliphatic rings. The molecule has 0 heteroatoms. The van der Waals surface area contributed by atoms with Crippen molar-refractivity contribution in [3.05, 3.63) is 178 Å². The highest BCUT2D eigenvalue weighted by molar-refractivity contribution is 5.93. The van der Waals surface area contributed by atoms with E-state index in [-0.39, 0.29) is 0 Å². The molecule has 0 saturated carbocycles. The lowest BCUT2D eigenvalue weighted by Crippen LogP contribution is -1.90. The average molecular weight is 463 g/mol. The summed E-state index contributed by atoms with van der Waals surface area (Å²) in [5, 5.41) is 0. The molecule has 5 aromatic rings. The molecule has 0 aromatic heterocycles. The topological polar surface area (TPSA) is 0 Å². The van der Waals surface area contributed by atoms with Crippen LogP contribution in [0, 0.1) is 13.8 Å². The van der Waals surface area contributed by atoms with Crippen LogP contribution >= 0.6 is 0 Å². The van der Waals surface area contributed by atoms with Crippen molar-refractivity contribution in [3.63, 3.8) is 0 Å². The van der Waals surface area contributed by atoms with Gasteiger partial charge in [0, 0.05) is 0 Å². The fraction of sp³-hybridized carbons (Fsp3) is 0.0556. The smallest absolute Gasteiger partial charge is 0.0105 e. The first-order chi connectivity index (χ1) is 17.7. The van der Waals surface area contributed by atoms with Gasteiger partial charge in [0.05, 0.1) is 0 Å². The van der Waals surface area contributed by atoms with Crippen LogP contribution in [0.4, 0.5) is 0 Å². The largest absolute Gasteiger partial charge is 0.0622 e. The van der Waals surface area contributed by atoms with E-state index in [1.807, 2.05) is 0 Å². The summed E-state index contributed by atoms with van der Waals surface area (Å²) in [6, 6.07) is 47.5. The zero-order valence-electron chi connectivity index (χ0n) is 20.9. The van der Waals surface area contributed by atoms with Gasteiger partial charge in [0.25, 0.3) is 0 Å². The number of hydrogen-bond donors (Lipinski definition) is 0. The third kappa shape index (κ3) is 5.62. The fourth-order valence-electron chi connectivity index (χ4n) is 4.55. The molecule has 0 radical (unpaired) electrons. The van der Waals surface area contributed by atoms with Crippen molar-refractivity contribution in [3.8, 4) is 0 Å². The maximum absolute atomic E-state index is 2.29. The molecule has 0 heterocycles. The van der Waals surface area contributed by atoms with Crippen molar-refractivity contribution in [2.24, 2.45) is 0 Å². The van der Waals surface area contributed by atoms with Crippen molar-refractivity contribution >= 4 is 23.3 Å². The van der Waals surface area contributed by atoms with Crippen LogP contribution in [-0.4, -0.2) is 0 Å². The van der Waals surface area contributed by atoms with Crippen molar-refractivity contribution in [1.29, 1.82) is 0 Å². The van der Waals surface area contributed by atoms with Gasteiger partial charge in [-0.2, -0.15) is 0 Å². The molecule has 0 amide bonds. The number of aryl methyl sites for hydroxylation is 2. The Labute approximate surface area is 214 Å². The van der Waals surface area contributed by atoms with E-state index in [0.29, 0.717) is 0 Å².